The first-order chi connectivity index (χ1) is 11.4. The Kier molecular flexibility index (Phi) is 10.4. The first kappa shape index (κ1) is 23.4. The van der Waals surface area contributed by atoms with Gasteiger partial charge in [-0.1, -0.05) is 51.5 Å². The fourth-order valence-electron chi connectivity index (χ4n) is 2.83. The molecule has 1 aliphatic heterocycles. The third-order valence-corrected chi connectivity index (χ3v) is 4.59. The molecule has 0 aromatic heterocycles. The second-order valence-electron chi connectivity index (χ2n) is 6.43. The minimum Gasteiger partial charge on any atom is -0.366 e. The van der Waals surface area contributed by atoms with E-state index in [4.69, 9.17) is 5.14 Å². The molecule has 0 saturated carbocycles. The Bertz CT molecular complexity index is 558. The van der Waals surface area contributed by atoms with Crippen LogP contribution in [0.25, 0.3) is 0 Å². The fourth-order valence-corrected chi connectivity index (χ4v) is 3.09. The maximum Gasteiger partial charge on any atom is 0.120 e. The van der Waals surface area contributed by atoms with Crippen LogP contribution in [-0.4, -0.2) is 34.6 Å². The zero-order valence-electron chi connectivity index (χ0n) is 15.1. The molecule has 1 rings (SSSR count). The number of nitrogens with one attached hydrogen (secondary N) is 1. The van der Waals surface area contributed by atoms with Gasteiger partial charge in [-0.3, -0.25) is 10.0 Å². The zero-order valence-corrected chi connectivity index (χ0v) is 15.9. The van der Waals surface area contributed by atoms with Gasteiger partial charge in [0.05, 0.1) is 0 Å². The molecule has 1 fully saturated rings. The Labute approximate surface area is 158 Å². The molecule has 0 spiro atoms. The highest BCUT2D eigenvalue weighted by molar-refractivity contribution is 8.12. The van der Waals surface area contributed by atoms with E-state index in [1.54, 1.807) is 6.08 Å². The number of nitrogens with two attached hydrogens (primary N) is 1. The number of likely N-dealkylation sites (tertiary alicyclic amines) is 1. The molecule has 0 bridgehead atoms. The van der Waals surface area contributed by atoms with Crippen LogP contribution in [0.3, 0.4) is 0 Å². The van der Waals surface area contributed by atoms with E-state index in [0.29, 0.717) is 16.9 Å². The quantitative estimate of drug-likeness (QED) is 0.290. The topological polar surface area (TPSA) is 53.6 Å². The van der Waals surface area contributed by atoms with Crippen LogP contribution in [0.4, 0.5) is 0 Å². The Morgan fingerprint density at radius 2 is 2.08 bits per heavy atom. The molecule has 3 N–H and O–H groups in total. The zero-order chi connectivity index (χ0) is 18.2. The highest BCUT2D eigenvalue weighted by Crippen LogP contribution is 2.30. The minimum atomic E-state index is 0. The second kappa shape index (κ2) is 11.1. The van der Waals surface area contributed by atoms with Crippen LogP contribution in [0.1, 0.15) is 34.6 Å². The molecule has 1 saturated heterocycles. The van der Waals surface area contributed by atoms with Gasteiger partial charge in [0.2, 0.25) is 0 Å². The van der Waals surface area contributed by atoms with Gasteiger partial charge in [-0.15, -0.1) is 0 Å². The van der Waals surface area contributed by atoms with Gasteiger partial charge in [0.25, 0.3) is 0 Å². The van der Waals surface area contributed by atoms with Crippen molar-refractivity contribution in [2.24, 2.45) is 10.1 Å². The van der Waals surface area contributed by atoms with Gasteiger partial charge < -0.3 is 5.32 Å². The Morgan fingerprint density at radius 3 is 2.60 bits per heavy atom. The van der Waals surface area contributed by atoms with E-state index in [2.05, 4.69) is 54.9 Å². The van der Waals surface area contributed by atoms with Crippen molar-refractivity contribution in [3.8, 4) is 0 Å². The number of allylic oxidation sites excluding steroid dienone is 3. The van der Waals surface area contributed by atoms with Crippen molar-refractivity contribution in [1.82, 2.24) is 10.2 Å². The van der Waals surface area contributed by atoms with Crippen molar-refractivity contribution in [2.75, 3.05) is 13.1 Å². The SMILES string of the molecule is C.C=C/C(=C\C=C/C)CN1CC(NC(=C)/N=C(\C=C)SN)CC1(C)C. The van der Waals surface area contributed by atoms with Gasteiger partial charge in [-0.05, 0) is 50.8 Å². The van der Waals surface area contributed by atoms with Crippen molar-refractivity contribution in [3.63, 3.8) is 0 Å². The average Bonchev–Trinajstić information content (AvgIpc) is 2.82. The molecule has 25 heavy (non-hydrogen) atoms. The summed E-state index contributed by atoms with van der Waals surface area (Å²) < 4.78 is 0. The Balaban J connectivity index is 0.00000576. The lowest BCUT2D eigenvalue weighted by atomic mass is 9.99. The average molecular weight is 363 g/mol. The molecule has 4 nitrogen and oxygen atoms in total. The maximum absolute atomic E-state index is 5.53. The summed E-state index contributed by atoms with van der Waals surface area (Å²) in [5.74, 6) is 0.624. The predicted molar refractivity (Wildman–Crippen MR) is 116 cm³/mol. The molecule has 0 amide bonds. The van der Waals surface area contributed by atoms with Crippen molar-refractivity contribution in [1.29, 1.82) is 0 Å². The summed E-state index contributed by atoms with van der Waals surface area (Å²) in [6.45, 7) is 19.9. The van der Waals surface area contributed by atoms with Crippen molar-refractivity contribution in [3.05, 3.63) is 61.5 Å². The molecule has 0 aromatic rings. The Hall–Kier alpha value is -1.56. The van der Waals surface area contributed by atoms with Gasteiger partial charge >= 0.3 is 0 Å². The fraction of sp³-hybridized carbons (Fsp3) is 0.450. The van der Waals surface area contributed by atoms with Gasteiger partial charge in [0.1, 0.15) is 10.9 Å². The van der Waals surface area contributed by atoms with Crippen LogP contribution < -0.4 is 10.5 Å². The van der Waals surface area contributed by atoms with E-state index >= 15 is 0 Å². The highest BCUT2D eigenvalue weighted by Gasteiger charge is 2.38. The summed E-state index contributed by atoms with van der Waals surface area (Å²) in [6.07, 6.45) is 10.8. The van der Waals surface area contributed by atoms with E-state index < -0.39 is 0 Å². The molecule has 140 valence electrons. The smallest absolute Gasteiger partial charge is 0.120 e. The normalized spacial score (nSPS) is 21.0. The number of nitrogens with zero attached hydrogens (tertiary/aromatic N) is 2. The summed E-state index contributed by atoms with van der Waals surface area (Å²) >= 11 is 1.07. The number of hydrogen-bond donors (Lipinski definition) is 2. The summed E-state index contributed by atoms with van der Waals surface area (Å²) in [5.41, 5.74) is 1.32. The summed E-state index contributed by atoms with van der Waals surface area (Å²) in [7, 11) is 0. The summed E-state index contributed by atoms with van der Waals surface area (Å²) in [6, 6.07) is 0.304. The van der Waals surface area contributed by atoms with Crippen LogP contribution in [0.2, 0.25) is 0 Å². The molecule has 1 unspecified atom stereocenters. The lowest BCUT2D eigenvalue weighted by Gasteiger charge is -2.31. The first-order valence-electron chi connectivity index (χ1n) is 8.09. The molecule has 1 heterocycles. The standard InChI is InChI=1S/C19H30N4S.CH4/c1-7-10-11-16(8-2)13-23-14-17(12-19(23,5)6)21-15(4)22-18(9-3)24-20;/h7-11,17,21H,2-4,12-14,20H2,1,5-6H3;1H4/b10-7-,16-11+,22-18+;. The molecular weight excluding hydrogens is 328 g/mol. The summed E-state index contributed by atoms with van der Waals surface area (Å²) in [5, 5.41) is 9.59. The second-order valence-corrected chi connectivity index (χ2v) is 7.08. The summed E-state index contributed by atoms with van der Waals surface area (Å²) in [4.78, 5) is 6.81. The predicted octanol–water partition coefficient (Wildman–Crippen LogP) is 4.42. The molecule has 0 aliphatic carbocycles. The highest BCUT2D eigenvalue weighted by atomic mass is 32.2. The third-order valence-electron chi connectivity index (χ3n) is 4.09. The lowest BCUT2D eigenvalue weighted by Crippen LogP contribution is -2.39. The molecular formula is C20H34N4S. The minimum absolute atomic E-state index is 0. The van der Waals surface area contributed by atoms with Gasteiger partial charge in [-0.2, -0.15) is 0 Å². The van der Waals surface area contributed by atoms with E-state index in [1.807, 2.05) is 25.2 Å². The van der Waals surface area contributed by atoms with Crippen LogP contribution in [0.5, 0.6) is 0 Å². The number of rotatable bonds is 8. The third kappa shape index (κ3) is 7.46. The van der Waals surface area contributed by atoms with E-state index in [0.717, 1.165) is 31.5 Å². The van der Waals surface area contributed by atoms with E-state index in [9.17, 15) is 0 Å². The number of aliphatic imine (C=N–C) groups is 1. The van der Waals surface area contributed by atoms with Crippen LogP contribution in [0.15, 0.2) is 66.5 Å². The maximum atomic E-state index is 5.53. The van der Waals surface area contributed by atoms with Crippen molar-refractivity contribution < 1.29 is 0 Å². The first-order valence-corrected chi connectivity index (χ1v) is 8.97. The van der Waals surface area contributed by atoms with Crippen molar-refractivity contribution >= 4 is 17.0 Å². The van der Waals surface area contributed by atoms with E-state index in [-0.39, 0.29) is 13.0 Å². The molecule has 1 aliphatic rings. The molecule has 1 atom stereocenters. The number of hydrogen-bond acceptors (Lipinski definition) is 5. The lowest BCUT2D eigenvalue weighted by molar-refractivity contribution is 0.192. The van der Waals surface area contributed by atoms with Crippen LogP contribution >= 0.6 is 11.9 Å². The molecule has 5 heteroatoms. The largest absolute Gasteiger partial charge is 0.366 e. The van der Waals surface area contributed by atoms with Gasteiger partial charge in [-0.25, -0.2) is 4.99 Å². The van der Waals surface area contributed by atoms with Crippen molar-refractivity contribution in [2.45, 2.75) is 46.2 Å². The molecule has 0 radical (unpaired) electrons. The van der Waals surface area contributed by atoms with Gasteiger partial charge in [0, 0.05) is 24.7 Å². The molecule has 0 aromatic carbocycles. The van der Waals surface area contributed by atoms with Crippen LogP contribution in [-0.2, 0) is 0 Å². The van der Waals surface area contributed by atoms with E-state index in [1.165, 1.54) is 5.57 Å². The van der Waals surface area contributed by atoms with Crippen LogP contribution in [0, 0.1) is 0 Å². The Morgan fingerprint density at radius 1 is 1.40 bits per heavy atom. The monoisotopic (exact) mass is 362 g/mol. The van der Waals surface area contributed by atoms with Gasteiger partial charge in [0.15, 0.2) is 0 Å².